The summed E-state index contributed by atoms with van der Waals surface area (Å²) < 4.78 is 0. The molecular formula is C16H26Cl2N4O2. The zero-order valence-electron chi connectivity index (χ0n) is 13.9. The highest BCUT2D eigenvalue weighted by Gasteiger charge is 2.21. The van der Waals surface area contributed by atoms with Crippen LogP contribution in [0.3, 0.4) is 0 Å². The van der Waals surface area contributed by atoms with Crippen LogP contribution in [0.5, 0.6) is 0 Å². The summed E-state index contributed by atoms with van der Waals surface area (Å²) in [6, 6.07) is 8.49. The topological polar surface area (TPSA) is 78.7 Å². The van der Waals surface area contributed by atoms with Crippen molar-refractivity contribution in [1.29, 1.82) is 0 Å². The van der Waals surface area contributed by atoms with E-state index in [1.165, 1.54) is 11.1 Å². The molecule has 1 aliphatic heterocycles. The van der Waals surface area contributed by atoms with E-state index in [2.05, 4.69) is 41.4 Å². The van der Waals surface area contributed by atoms with E-state index >= 15 is 0 Å². The van der Waals surface area contributed by atoms with E-state index in [9.17, 15) is 9.59 Å². The Labute approximate surface area is 155 Å². The molecular weight excluding hydrogens is 351 g/mol. The monoisotopic (exact) mass is 376 g/mol. The number of hydrogen-bond donors (Lipinski definition) is 2. The molecule has 0 aliphatic carbocycles. The van der Waals surface area contributed by atoms with E-state index < -0.39 is 0 Å². The highest BCUT2D eigenvalue weighted by Crippen LogP contribution is 2.10. The van der Waals surface area contributed by atoms with Gasteiger partial charge in [-0.05, 0) is 12.5 Å². The lowest BCUT2D eigenvalue weighted by molar-refractivity contribution is -0.134. The zero-order valence-corrected chi connectivity index (χ0v) is 15.5. The van der Waals surface area contributed by atoms with Crippen molar-refractivity contribution in [1.82, 2.24) is 15.1 Å². The van der Waals surface area contributed by atoms with Crippen LogP contribution in [0.25, 0.3) is 0 Å². The molecule has 6 nitrogen and oxygen atoms in total. The fourth-order valence-electron chi connectivity index (χ4n) is 2.58. The van der Waals surface area contributed by atoms with Gasteiger partial charge < -0.3 is 16.0 Å². The van der Waals surface area contributed by atoms with Gasteiger partial charge in [-0.2, -0.15) is 0 Å². The molecule has 0 atom stereocenters. The van der Waals surface area contributed by atoms with E-state index in [0.717, 1.165) is 19.6 Å². The molecule has 1 aromatic carbocycles. The molecule has 8 heteroatoms. The van der Waals surface area contributed by atoms with Crippen molar-refractivity contribution in [3.8, 4) is 0 Å². The highest BCUT2D eigenvalue weighted by atomic mass is 35.5. The Hall–Kier alpha value is -1.34. The van der Waals surface area contributed by atoms with Gasteiger partial charge in [0.15, 0.2) is 0 Å². The number of piperazine rings is 1. The van der Waals surface area contributed by atoms with E-state index in [4.69, 9.17) is 5.73 Å². The Balaban J connectivity index is 0.00000264. The molecule has 1 aliphatic rings. The van der Waals surface area contributed by atoms with Gasteiger partial charge in [-0.25, -0.2) is 0 Å². The third-order valence-corrected chi connectivity index (χ3v) is 3.84. The third kappa shape index (κ3) is 7.05. The number of nitrogens with two attached hydrogens (primary N) is 1. The molecule has 3 N–H and O–H groups in total. The van der Waals surface area contributed by atoms with E-state index in [-0.39, 0.29) is 49.7 Å². The first-order valence-corrected chi connectivity index (χ1v) is 7.61. The largest absolute Gasteiger partial charge is 0.346 e. The molecule has 1 saturated heterocycles. The van der Waals surface area contributed by atoms with Crippen LogP contribution < -0.4 is 11.1 Å². The van der Waals surface area contributed by atoms with Gasteiger partial charge in [0.2, 0.25) is 11.8 Å². The molecule has 0 bridgehead atoms. The fourth-order valence-corrected chi connectivity index (χ4v) is 2.58. The number of hydrogen-bond acceptors (Lipinski definition) is 4. The van der Waals surface area contributed by atoms with Crippen LogP contribution in [-0.4, -0.2) is 60.9 Å². The molecule has 1 heterocycles. The molecule has 1 fully saturated rings. The first-order valence-electron chi connectivity index (χ1n) is 7.61. The SMILES string of the molecule is Cc1cccc(CN2CCN(C(=O)CNC(=O)CN)CC2)c1.Cl.Cl. The zero-order chi connectivity index (χ0) is 15.9. The standard InChI is InChI=1S/C16H24N4O2.2ClH/c1-13-3-2-4-14(9-13)12-19-5-7-20(8-6-19)16(22)11-18-15(21)10-17;;/h2-4,9H,5-8,10-12,17H2,1H3,(H,18,21);2*1H. The lowest BCUT2D eigenvalue weighted by atomic mass is 10.1. The maximum Gasteiger partial charge on any atom is 0.242 e. The quantitative estimate of drug-likeness (QED) is 0.786. The van der Waals surface area contributed by atoms with Crippen molar-refractivity contribution in [3.63, 3.8) is 0 Å². The van der Waals surface area contributed by atoms with E-state index in [1.54, 1.807) is 4.90 Å². The Morgan fingerprint density at radius 3 is 2.42 bits per heavy atom. The van der Waals surface area contributed by atoms with Gasteiger partial charge in [0.05, 0.1) is 13.1 Å². The number of halogens is 2. The predicted molar refractivity (Wildman–Crippen MR) is 99.6 cm³/mol. The van der Waals surface area contributed by atoms with Crippen LogP contribution in [0, 0.1) is 6.92 Å². The summed E-state index contributed by atoms with van der Waals surface area (Å²) in [5.74, 6) is -0.344. The molecule has 1 aromatic rings. The molecule has 0 radical (unpaired) electrons. The Kier molecular flexibility index (Phi) is 10.6. The summed E-state index contributed by atoms with van der Waals surface area (Å²) in [4.78, 5) is 27.2. The van der Waals surface area contributed by atoms with Crippen LogP contribution in [0.1, 0.15) is 11.1 Å². The van der Waals surface area contributed by atoms with Crippen molar-refractivity contribution in [2.75, 3.05) is 39.3 Å². The number of benzene rings is 1. The van der Waals surface area contributed by atoms with Crippen LogP contribution in [0.15, 0.2) is 24.3 Å². The van der Waals surface area contributed by atoms with Gasteiger partial charge in [-0.3, -0.25) is 14.5 Å². The third-order valence-electron chi connectivity index (χ3n) is 3.84. The number of nitrogens with zero attached hydrogens (tertiary/aromatic N) is 2. The minimum Gasteiger partial charge on any atom is -0.346 e. The number of aryl methyl sites for hydroxylation is 1. The minimum absolute atomic E-state index is 0. The lowest BCUT2D eigenvalue weighted by Crippen LogP contribution is -2.51. The van der Waals surface area contributed by atoms with Crippen molar-refractivity contribution in [2.24, 2.45) is 5.73 Å². The van der Waals surface area contributed by atoms with Crippen molar-refractivity contribution < 1.29 is 9.59 Å². The first kappa shape index (κ1) is 22.7. The predicted octanol–water partition coefficient (Wildman–Crippen LogP) is 0.558. The fraction of sp³-hybridized carbons (Fsp3) is 0.500. The Morgan fingerprint density at radius 2 is 1.83 bits per heavy atom. The summed E-state index contributed by atoms with van der Waals surface area (Å²) in [5.41, 5.74) is 7.76. The van der Waals surface area contributed by atoms with Gasteiger partial charge in [0.1, 0.15) is 0 Å². The summed E-state index contributed by atoms with van der Waals surface area (Å²) >= 11 is 0. The second-order valence-electron chi connectivity index (χ2n) is 5.63. The Bertz CT molecular complexity index is 535. The summed E-state index contributed by atoms with van der Waals surface area (Å²) in [6.45, 7) is 6.05. The van der Waals surface area contributed by atoms with Gasteiger partial charge in [-0.1, -0.05) is 29.8 Å². The maximum atomic E-state index is 12.0. The molecule has 0 aromatic heterocycles. The average Bonchev–Trinajstić information content (AvgIpc) is 2.53. The Morgan fingerprint density at radius 1 is 1.17 bits per heavy atom. The number of amides is 2. The molecule has 2 amide bonds. The number of carbonyl (C=O) groups is 2. The average molecular weight is 377 g/mol. The highest BCUT2D eigenvalue weighted by molar-refractivity contribution is 5.86. The van der Waals surface area contributed by atoms with Crippen molar-refractivity contribution in [2.45, 2.75) is 13.5 Å². The van der Waals surface area contributed by atoms with Crippen LogP contribution in [0.2, 0.25) is 0 Å². The normalized spacial score (nSPS) is 14.3. The van der Waals surface area contributed by atoms with Crippen LogP contribution in [-0.2, 0) is 16.1 Å². The first-order chi connectivity index (χ1) is 10.6. The molecule has 0 spiro atoms. The minimum atomic E-state index is -0.300. The molecule has 0 unspecified atom stereocenters. The van der Waals surface area contributed by atoms with Gasteiger partial charge in [-0.15, -0.1) is 24.8 Å². The number of nitrogens with one attached hydrogen (secondary N) is 1. The van der Waals surface area contributed by atoms with Gasteiger partial charge >= 0.3 is 0 Å². The van der Waals surface area contributed by atoms with Crippen molar-refractivity contribution >= 4 is 36.6 Å². The number of carbonyl (C=O) groups excluding carboxylic acids is 2. The molecule has 2 rings (SSSR count). The van der Waals surface area contributed by atoms with Crippen LogP contribution in [0.4, 0.5) is 0 Å². The van der Waals surface area contributed by atoms with Gasteiger partial charge in [0.25, 0.3) is 0 Å². The molecule has 24 heavy (non-hydrogen) atoms. The van der Waals surface area contributed by atoms with Crippen molar-refractivity contribution in [3.05, 3.63) is 35.4 Å². The van der Waals surface area contributed by atoms with Crippen LogP contribution >= 0.6 is 24.8 Å². The second kappa shape index (κ2) is 11.3. The lowest BCUT2D eigenvalue weighted by Gasteiger charge is -2.34. The summed E-state index contributed by atoms with van der Waals surface area (Å²) in [7, 11) is 0. The second-order valence-corrected chi connectivity index (χ2v) is 5.63. The molecule has 0 saturated carbocycles. The van der Waals surface area contributed by atoms with E-state index in [1.807, 2.05) is 0 Å². The number of rotatable bonds is 5. The van der Waals surface area contributed by atoms with E-state index in [0.29, 0.717) is 13.1 Å². The maximum absolute atomic E-state index is 12.0. The smallest absolute Gasteiger partial charge is 0.242 e. The summed E-state index contributed by atoms with van der Waals surface area (Å²) in [6.07, 6.45) is 0. The van der Waals surface area contributed by atoms with Gasteiger partial charge in [0, 0.05) is 32.7 Å². The molecule has 136 valence electrons. The summed E-state index contributed by atoms with van der Waals surface area (Å²) in [5, 5.41) is 2.52.